The van der Waals surface area contributed by atoms with Crippen molar-refractivity contribution in [1.29, 1.82) is 0 Å². The molecule has 0 aromatic rings. The van der Waals surface area contributed by atoms with Gasteiger partial charge in [-0.3, -0.25) is 4.79 Å². The summed E-state index contributed by atoms with van der Waals surface area (Å²) >= 11 is 0. The van der Waals surface area contributed by atoms with Crippen molar-refractivity contribution in [3.63, 3.8) is 0 Å². The van der Waals surface area contributed by atoms with Crippen LogP contribution in [0.25, 0.3) is 0 Å². The van der Waals surface area contributed by atoms with Gasteiger partial charge in [0.1, 0.15) is 5.60 Å². The van der Waals surface area contributed by atoms with Crippen molar-refractivity contribution in [1.82, 2.24) is 0 Å². The van der Waals surface area contributed by atoms with Crippen molar-refractivity contribution in [2.45, 2.75) is 84.8 Å². The summed E-state index contributed by atoms with van der Waals surface area (Å²) in [5, 5.41) is 0. The molecule has 0 spiro atoms. The normalized spacial score (nSPS) is 30.5. The molecule has 124 valence electrons. The number of rotatable bonds is 6. The molecule has 3 atom stereocenters. The Balaban J connectivity index is 2.92. The molecular weight excluding hydrogens is 264 g/mol. The Morgan fingerprint density at radius 2 is 2.00 bits per heavy atom. The van der Waals surface area contributed by atoms with E-state index < -0.39 is 5.60 Å². The summed E-state index contributed by atoms with van der Waals surface area (Å²) in [4.78, 5) is 12.0. The lowest BCUT2D eigenvalue weighted by Crippen LogP contribution is -2.54. The third-order valence-electron chi connectivity index (χ3n) is 5.37. The number of carbonyl (C=O) groups excluding carboxylic acids is 1. The summed E-state index contributed by atoms with van der Waals surface area (Å²) in [6.45, 7) is 12.8. The van der Waals surface area contributed by atoms with E-state index in [1.54, 1.807) is 7.11 Å². The first-order valence-electron chi connectivity index (χ1n) is 8.43. The maximum atomic E-state index is 12.0. The topological polar surface area (TPSA) is 35.5 Å². The molecule has 0 N–H and O–H groups in total. The predicted octanol–water partition coefficient (Wildman–Crippen LogP) is 4.59. The van der Waals surface area contributed by atoms with E-state index in [0.717, 1.165) is 19.3 Å². The van der Waals surface area contributed by atoms with Crippen molar-refractivity contribution in [3.8, 4) is 0 Å². The van der Waals surface area contributed by atoms with Gasteiger partial charge in [0.25, 0.3) is 0 Å². The number of ether oxygens (including phenoxy) is 2. The molecule has 0 aromatic heterocycles. The minimum Gasteiger partial charge on any atom is -0.459 e. The Kier molecular flexibility index (Phi) is 6.27. The number of carbonyl (C=O) groups is 1. The van der Waals surface area contributed by atoms with Crippen molar-refractivity contribution in [2.75, 3.05) is 7.11 Å². The van der Waals surface area contributed by atoms with E-state index in [1.165, 1.54) is 6.42 Å². The van der Waals surface area contributed by atoms with Crippen LogP contribution in [0.5, 0.6) is 0 Å². The lowest BCUT2D eigenvalue weighted by atomic mass is 9.63. The van der Waals surface area contributed by atoms with Crippen LogP contribution in [-0.2, 0) is 14.3 Å². The maximum Gasteiger partial charge on any atom is 0.306 e. The van der Waals surface area contributed by atoms with Gasteiger partial charge in [-0.05, 0) is 58.3 Å². The van der Waals surface area contributed by atoms with Crippen LogP contribution in [0, 0.1) is 17.8 Å². The minimum absolute atomic E-state index is 0.0902. The minimum atomic E-state index is -0.482. The summed E-state index contributed by atoms with van der Waals surface area (Å²) in [5.41, 5.74) is -0.689. The first-order valence-corrected chi connectivity index (χ1v) is 8.43. The third-order valence-corrected chi connectivity index (χ3v) is 5.37. The molecular formula is C18H34O3. The van der Waals surface area contributed by atoms with Crippen LogP contribution in [0.3, 0.4) is 0 Å². The zero-order chi connectivity index (χ0) is 16.3. The molecule has 1 saturated carbocycles. The Morgan fingerprint density at radius 1 is 1.38 bits per heavy atom. The summed E-state index contributed by atoms with van der Waals surface area (Å²) in [5.74, 6) is 1.49. The molecule has 1 aliphatic rings. The largest absolute Gasteiger partial charge is 0.459 e. The average molecular weight is 298 g/mol. The highest BCUT2D eigenvalue weighted by atomic mass is 16.6. The second-order valence-corrected chi connectivity index (χ2v) is 7.68. The first-order chi connectivity index (χ1) is 9.66. The zero-order valence-corrected chi connectivity index (χ0v) is 15.0. The molecule has 0 heterocycles. The summed E-state index contributed by atoms with van der Waals surface area (Å²) in [6.07, 6.45) is 4.61. The van der Waals surface area contributed by atoms with Crippen LogP contribution in [0.1, 0.15) is 73.6 Å². The standard InChI is InChI=1S/C18H34O3/c1-8-9-16(19)21-17(4,5)15-12-14(13(2)3)10-11-18(15,6)20-7/h13-15H,8-12H2,1-7H3. The smallest absolute Gasteiger partial charge is 0.306 e. The van der Waals surface area contributed by atoms with E-state index in [-0.39, 0.29) is 17.5 Å². The van der Waals surface area contributed by atoms with Gasteiger partial charge in [-0.25, -0.2) is 0 Å². The van der Waals surface area contributed by atoms with Gasteiger partial charge in [0.2, 0.25) is 0 Å². The second-order valence-electron chi connectivity index (χ2n) is 7.68. The van der Waals surface area contributed by atoms with Gasteiger partial charge >= 0.3 is 5.97 Å². The molecule has 0 radical (unpaired) electrons. The van der Waals surface area contributed by atoms with Crippen LogP contribution in [0.15, 0.2) is 0 Å². The van der Waals surface area contributed by atoms with Crippen LogP contribution in [0.2, 0.25) is 0 Å². The first kappa shape index (κ1) is 18.5. The van der Waals surface area contributed by atoms with E-state index in [9.17, 15) is 4.79 Å². The molecule has 1 rings (SSSR count). The van der Waals surface area contributed by atoms with E-state index >= 15 is 0 Å². The van der Waals surface area contributed by atoms with Crippen LogP contribution in [0.4, 0.5) is 0 Å². The summed E-state index contributed by atoms with van der Waals surface area (Å²) < 4.78 is 11.7. The highest BCUT2D eigenvalue weighted by molar-refractivity contribution is 5.69. The summed E-state index contributed by atoms with van der Waals surface area (Å²) in [6, 6.07) is 0. The monoisotopic (exact) mass is 298 g/mol. The Morgan fingerprint density at radius 3 is 2.48 bits per heavy atom. The molecule has 1 fully saturated rings. The lowest BCUT2D eigenvalue weighted by Gasteiger charge is -2.50. The van der Waals surface area contributed by atoms with Crippen molar-refractivity contribution in [3.05, 3.63) is 0 Å². The van der Waals surface area contributed by atoms with Gasteiger partial charge in [-0.15, -0.1) is 0 Å². The zero-order valence-electron chi connectivity index (χ0n) is 15.0. The van der Waals surface area contributed by atoms with Gasteiger partial charge < -0.3 is 9.47 Å². The van der Waals surface area contributed by atoms with Crippen molar-refractivity contribution >= 4 is 5.97 Å². The molecule has 3 heteroatoms. The van der Waals surface area contributed by atoms with E-state index in [4.69, 9.17) is 9.47 Å². The Labute approximate surface area is 130 Å². The quantitative estimate of drug-likeness (QED) is 0.673. The lowest BCUT2D eigenvalue weighted by molar-refractivity contribution is -0.187. The number of hydrogen-bond acceptors (Lipinski definition) is 3. The van der Waals surface area contributed by atoms with Crippen LogP contribution in [-0.4, -0.2) is 24.3 Å². The maximum absolute atomic E-state index is 12.0. The van der Waals surface area contributed by atoms with Gasteiger partial charge in [0.05, 0.1) is 5.60 Å². The molecule has 0 bridgehead atoms. The summed E-state index contributed by atoms with van der Waals surface area (Å²) in [7, 11) is 1.78. The van der Waals surface area contributed by atoms with E-state index in [2.05, 4.69) is 20.8 Å². The number of esters is 1. The SMILES string of the molecule is CCCC(=O)OC(C)(C)C1CC(C(C)C)CCC1(C)OC. The fourth-order valence-electron chi connectivity index (χ4n) is 3.80. The van der Waals surface area contributed by atoms with Crippen molar-refractivity contribution < 1.29 is 14.3 Å². The molecule has 0 saturated heterocycles. The van der Waals surface area contributed by atoms with Crippen LogP contribution >= 0.6 is 0 Å². The number of hydrogen-bond donors (Lipinski definition) is 0. The molecule has 0 aliphatic heterocycles. The molecule has 3 nitrogen and oxygen atoms in total. The molecule has 0 amide bonds. The predicted molar refractivity (Wildman–Crippen MR) is 86.2 cm³/mol. The highest BCUT2D eigenvalue weighted by Crippen LogP contribution is 2.47. The van der Waals surface area contributed by atoms with Crippen molar-refractivity contribution in [2.24, 2.45) is 17.8 Å². The molecule has 21 heavy (non-hydrogen) atoms. The van der Waals surface area contributed by atoms with E-state index in [0.29, 0.717) is 18.3 Å². The Hall–Kier alpha value is -0.570. The molecule has 3 unspecified atom stereocenters. The highest BCUT2D eigenvalue weighted by Gasteiger charge is 2.49. The second kappa shape index (κ2) is 7.13. The van der Waals surface area contributed by atoms with Gasteiger partial charge in [-0.1, -0.05) is 20.8 Å². The Bertz CT molecular complexity index is 348. The van der Waals surface area contributed by atoms with Crippen LogP contribution < -0.4 is 0 Å². The fourth-order valence-corrected chi connectivity index (χ4v) is 3.80. The number of methoxy groups -OCH3 is 1. The third kappa shape index (κ3) is 4.45. The van der Waals surface area contributed by atoms with E-state index in [1.807, 2.05) is 20.8 Å². The van der Waals surface area contributed by atoms with Gasteiger partial charge in [0, 0.05) is 19.4 Å². The van der Waals surface area contributed by atoms with Gasteiger partial charge in [-0.2, -0.15) is 0 Å². The fraction of sp³-hybridized carbons (Fsp3) is 0.944. The molecule has 1 aliphatic carbocycles. The van der Waals surface area contributed by atoms with Gasteiger partial charge in [0.15, 0.2) is 0 Å². The average Bonchev–Trinajstić information content (AvgIpc) is 2.38. The molecule has 0 aromatic carbocycles.